The zero-order valence-electron chi connectivity index (χ0n) is 15.5. The number of aryl methyl sites for hydroxylation is 1. The van der Waals surface area contributed by atoms with Crippen molar-refractivity contribution < 1.29 is 17.9 Å². The van der Waals surface area contributed by atoms with E-state index in [-0.39, 0.29) is 11.5 Å². The van der Waals surface area contributed by atoms with Gasteiger partial charge in [-0.15, -0.1) is 0 Å². The summed E-state index contributed by atoms with van der Waals surface area (Å²) in [5.74, 6) is -0.415. The summed E-state index contributed by atoms with van der Waals surface area (Å²) in [5, 5.41) is 1.85. The molecule has 0 saturated heterocycles. The fourth-order valence-electron chi connectivity index (χ4n) is 3.71. The number of fused-ring (bicyclic) bond motifs is 2. The molecular weight excluding hydrogens is 374 g/mol. The molecule has 0 aromatic heterocycles. The molecular formula is C22H21NO4S. The average Bonchev–Trinajstić information content (AvgIpc) is 2.71. The maximum atomic E-state index is 13.6. The Bertz CT molecular complexity index is 1140. The van der Waals surface area contributed by atoms with Crippen molar-refractivity contribution in [3.05, 3.63) is 72.3 Å². The predicted molar refractivity (Wildman–Crippen MR) is 109 cm³/mol. The van der Waals surface area contributed by atoms with Crippen molar-refractivity contribution in [2.45, 2.75) is 30.7 Å². The Kier molecular flexibility index (Phi) is 4.81. The van der Waals surface area contributed by atoms with Crippen LogP contribution >= 0.6 is 0 Å². The SMILES string of the molecule is CC(=O)OCC1CCc2ccccc2N1S(=O)(=O)c1ccc2ccccc2c1. The topological polar surface area (TPSA) is 63.7 Å². The van der Waals surface area contributed by atoms with Gasteiger partial charge in [0.1, 0.15) is 6.61 Å². The minimum Gasteiger partial charge on any atom is -0.464 e. The van der Waals surface area contributed by atoms with E-state index in [2.05, 4.69) is 0 Å². The molecule has 0 spiro atoms. The Morgan fingerprint density at radius 3 is 2.54 bits per heavy atom. The van der Waals surface area contributed by atoms with Crippen molar-refractivity contribution in [3.63, 3.8) is 0 Å². The lowest BCUT2D eigenvalue weighted by molar-refractivity contribution is -0.141. The average molecular weight is 395 g/mol. The Morgan fingerprint density at radius 1 is 1.04 bits per heavy atom. The number of benzene rings is 3. The van der Waals surface area contributed by atoms with E-state index < -0.39 is 22.0 Å². The van der Waals surface area contributed by atoms with E-state index in [1.807, 2.05) is 54.6 Å². The maximum Gasteiger partial charge on any atom is 0.302 e. The van der Waals surface area contributed by atoms with Crippen LogP contribution in [0, 0.1) is 0 Å². The number of anilines is 1. The smallest absolute Gasteiger partial charge is 0.302 e. The van der Waals surface area contributed by atoms with Gasteiger partial charge in [0, 0.05) is 6.92 Å². The summed E-state index contributed by atoms with van der Waals surface area (Å²) in [6.45, 7) is 1.37. The van der Waals surface area contributed by atoms with E-state index in [4.69, 9.17) is 4.74 Å². The van der Waals surface area contributed by atoms with Crippen LogP contribution in [0.4, 0.5) is 5.69 Å². The molecule has 0 aliphatic carbocycles. The summed E-state index contributed by atoms with van der Waals surface area (Å²) in [6, 6.07) is 19.9. The summed E-state index contributed by atoms with van der Waals surface area (Å²) in [4.78, 5) is 11.5. The second-order valence-corrected chi connectivity index (χ2v) is 8.75. The number of hydrogen-bond donors (Lipinski definition) is 0. The molecule has 0 fully saturated rings. The molecule has 28 heavy (non-hydrogen) atoms. The van der Waals surface area contributed by atoms with Gasteiger partial charge in [0.05, 0.1) is 16.6 Å². The molecule has 0 saturated carbocycles. The molecule has 1 heterocycles. The van der Waals surface area contributed by atoms with Crippen LogP contribution in [0.3, 0.4) is 0 Å². The van der Waals surface area contributed by atoms with Crippen molar-refractivity contribution in [2.75, 3.05) is 10.9 Å². The number of nitrogens with zero attached hydrogens (tertiary/aromatic N) is 1. The third kappa shape index (κ3) is 3.36. The minimum absolute atomic E-state index is 0.0382. The number of rotatable bonds is 4. The summed E-state index contributed by atoms with van der Waals surface area (Å²) >= 11 is 0. The van der Waals surface area contributed by atoms with E-state index in [0.717, 1.165) is 22.8 Å². The lowest BCUT2D eigenvalue weighted by Gasteiger charge is -2.37. The standard InChI is InChI=1S/C22H21NO4S/c1-16(24)27-15-20-12-10-18-7-4-5-9-22(18)23(20)28(25,26)21-13-11-17-6-2-3-8-19(17)14-21/h2-9,11,13-14,20H,10,12,15H2,1H3. The quantitative estimate of drug-likeness (QED) is 0.628. The first-order chi connectivity index (χ1) is 13.5. The number of para-hydroxylation sites is 1. The van der Waals surface area contributed by atoms with E-state index >= 15 is 0 Å². The van der Waals surface area contributed by atoms with Gasteiger partial charge in [-0.05, 0) is 47.4 Å². The van der Waals surface area contributed by atoms with Crippen LogP contribution in [-0.4, -0.2) is 27.0 Å². The zero-order valence-corrected chi connectivity index (χ0v) is 16.4. The highest BCUT2D eigenvalue weighted by Gasteiger charge is 2.36. The largest absolute Gasteiger partial charge is 0.464 e. The maximum absolute atomic E-state index is 13.6. The molecule has 4 rings (SSSR count). The summed E-state index contributed by atoms with van der Waals surface area (Å²) < 4.78 is 33.9. The second-order valence-electron chi connectivity index (χ2n) is 6.93. The molecule has 1 atom stereocenters. The molecule has 1 unspecified atom stereocenters. The predicted octanol–water partition coefficient (Wildman–Crippen LogP) is 3.91. The van der Waals surface area contributed by atoms with E-state index in [0.29, 0.717) is 12.1 Å². The summed E-state index contributed by atoms with van der Waals surface area (Å²) in [7, 11) is -3.82. The highest BCUT2D eigenvalue weighted by atomic mass is 32.2. The molecule has 0 N–H and O–H groups in total. The second kappa shape index (κ2) is 7.28. The molecule has 3 aromatic carbocycles. The van der Waals surface area contributed by atoms with E-state index in [1.54, 1.807) is 12.1 Å². The van der Waals surface area contributed by atoms with Crippen LogP contribution in [0.15, 0.2) is 71.6 Å². The summed E-state index contributed by atoms with van der Waals surface area (Å²) in [5.41, 5.74) is 1.63. The number of ether oxygens (including phenoxy) is 1. The number of carbonyl (C=O) groups is 1. The lowest BCUT2D eigenvalue weighted by Crippen LogP contribution is -2.46. The van der Waals surface area contributed by atoms with Crippen LogP contribution in [0.1, 0.15) is 18.9 Å². The fourth-order valence-corrected chi connectivity index (χ4v) is 5.44. The van der Waals surface area contributed by atoms with Gasteiger partial charge < -0.3 is 4.74 Å². The van der Waals surface area contributed by atoms with Crippen LogP contribution < -0.4 is 4.31 Å². The third-order valence-corrected chi connectivity index (χ3v) is 6.93. The van der Waals surface area contributed by atoms with Gasteiger partial charge >= 0.3 is 5.97 Å². The van der Waals surface area contributed by atoms with Gasteiger partial charge in [-0.2, -0.15) is 0 Å². The normalized spacial score (nSPS) is 16.6. The number of carbonyl (C=O) groups excluding carboxylic acids is 1. The highest BCUT2D eigenvalue weighted by Crippen LogP contribution is 2.36. The van der Waals surface area contributed by atoms with Crippen molar-refractivity contribution in [3.8, 4) is 0 Å². The molecule has 6 heteroatoms. The Morgan fingerprint density at radius 2 is 1.75 bits per heavy atom. The van der Waals surface area contributed by atoms with Gasteiger partial charge in [-0.1, -0.05) is 48.5 Å². The monoisotopic (exact) mass is 395 g/mol. The highest BCUT2D eigenvalue weighted by molar-refractivity contribution is 7.92. The molecule has 144 valence electrons. The van der Waals surface area contributed by atoms with Crippen LogP contribution in [-0.2, 0) is 26.0 Å². The zero-order chi connectivity index (χ0) is 19.7. The first-order valence-electron chi connectivity index (χ1n) is 9.21. The van der Waals surface area contributed by atoms with Crippen LogP contribution in [0.5, 0.6) is 0 Å². The molecule has 5 nitrogen and oxygen atoms in total. The fraction of sp³-hybridized carbons (Fsp3) is 0.227. The molecule has 3 aromatic rings. The van der Waals surface area contributed by atoms with E-state index in [9.17, 15) is 13.2 Å². The minimum atomic E-state index is -3.82. The van der Waals surface area contributed by atoms with Crippen molar-refractivity contribution in [2.24, 2.45) is 0 Å². The van der Waals surface area contributed by atoms with Gasteiger partial charge in [0.15, 0.2) is 0 Å². The van der Waals surface area contributed by atoms with Crippen LogP contribution in [0.2, 0.25) is 0 Å². The van der Waals surface area contributed by atoms with Crippen LogP contribution in [0.25, 0.3) is 10.8 Å². The first-order valence-corrected chi connectivity index (χ1v) is 10.7. The number of sulfonamides is 1. The Hall–Kier alpha value is -2.86. The molecule has 0 radical (unpaired) electrons. The number of hydrogen-bond acceptors (Lipinski definition) is 4. The van der Waals surface area contributed by atoms with Crippen molar-refractivity contribution in [1.29, 1.82) is 0 Å². The Balaban J connectivity index is 1.81. The van der Waals surface area contributed by atoms with E-state index in [1.165, 1.54) is 11.2 Å². The third-order valence-electron chi connectivity index (χ3n) is 5.06. The first kappa shape index (κ1) is 18.5. The lowest BCUT2D eigenvalue weighted by atomic mass is 9.98. The molecule has 1 aliphatic heterocycles. The molecule has 0 amide bonds. The van der Waals surface area contributed by atoms with Gasteiger partial charge in [-0.3, -0.25) is 9.10 Å². The summed E-state index contributed by atoms with van der Waals surface area (Å²) in [6.07, 6.45) is 1.34. The Labute approximate surface area is 164 Å². The van der Waals surface area contributed by atoms with Crippen molar-refractivity contribution >= 4 is 32.5 Å². The number of esters is 1. The van der Waals surface area contributed by atoms with Gasteiger partial charge in [0.25, 0.3) is 10.0 Å². The molecule has 0 bridgehead atoms. The van der Waals surface area contributed by atoms with Gasteiger partial charge in [-0.25, -0.2) is 8.42 Å². The van der Waals surface area contributed by atoms with Crippen molar-refractivity contribution in [1.82, 2.24) is 0 Å². The molecule has 1 aliphatic rings. The van der Waals surface area contributed by atoms with Gasteiger partial charge in [0.2, 0.25) is 0 Å².